The van der Waals surface area contributed by atoms with Crippen molar-refractivity contribution >= 4 is 47.2 Å². The van der Waals surface area contributed by atoms with Gasteiger partial charge in [0.15, 0.2) is 5.60 Å². The van der Waals surface area contributed by atoms with Crippen molar-refractivity contribution in [2.75, 3.05) is 24.2 Å². The molecule has 18 nitrogen and oxygen atoms in total. The zero-order chi connectivity index (χ0) is 47.3. The molecule has 0 saturated carbocycles. The summed E-state index contributed by atoms with van der Waals surface area (Å²) >= 11 is 1.88. The highest BCUT2D eigenvalue weighted by molar-refractivity contribution is 8.00. The van der Waals surface area contributed by atoms with E-state index in [9.17, 15) is 34.2 Å². The summed E-state index contributed by atoms with van der Waals surface area (Å²) in [6, 6.07) is 14.3. The summed E-state index contributed by atoms with van der Waals surface area (Å²) in [6.45, 7) is 7.99. The molecular weight excluding hydrogens is 881 g/mol. The van der Waals surface area contributed by atoms with Crippen LogP contribution in [0.5, 0.6) is 23.0 Å². The van der Waals surface area contributed by atoms with E-state index in [4.69, 9.17) is 14.2 Å². The van der Waals surface area contributed by atoms with Gasteiger partial charge in [-0.05, 0) is 88.3 Å². The van der Waals surface area contributed by atoms with Crippen LogP contribution in [0.3, 0.4) is 0 Å². The number of carbonyl (C=O) groups excluding carboxylic acids is 5. The Labute approximate surface area is 392 Å². The van der Waals surface area contributed by atoms with Gasteiger partial charge in [-0.3, -0.25) is 19.1 Å². The summed E-state index contributed by atoms with van der Waals surface area (Å²) in [6.07, 6.45) is 7.01. The van der Waals surface area contributed by atoms with Gasteiger partial charge in [0, 0.05) is 84.5 Å². The van der Waals surface area contributed by atoms with Gasteiger partial charge in [0.25, 0.3) is 0 Å². The van der Waals surface area contributed by atoms with E-state index in [0.29, 0.717) is 78.8 Å². The van der Waals surface area contributed by atoms with Crippen molar-refractivity contribution in [3.8, 4) is 23.0 Å². The number of fused-ring (bicyclic) bond motifs is 7. The molecular formula is C48H58N8O10S. The minimum Gasteiger partial charge on any atom is -0.508 e. The summed E-state index contributed by atoms with van der Waals surface area (Å²) in [7, 11) is 0. The molecule has 8 rings (SSSR count). The Morgan fingerprint density at radius 1 is 0.925 bits per heavy atom. The maximum absolute atomic E-state index is 13.4. The molecule has 356 valence electrons. The number of thioether (sulfide) groups is 1. The molecule has 19 heteroatoms. The average molecular weight is 939 g/mol. The lowest BCUT2D eigenvalue weighted by Gasteiger charge is -2.36. The number of hydrogen-bond acceptors (Lipinski definition) is 13. The number of aromatic hydroxyl groups is 2. The van der Waals surface area contributed by atoms with Gasteiger partial charge in [-0.1, -0.05) is 24.6 Å². The summed E-state index contributed by atoms with van der Waals surface area (Å²) in [4.78, 5) is 63.1. The van der Waals surface area contributed by atoms with Gasteiger partial charge in [0.1, 0.15) is 28.7 Å². The smallest absolute Gasteiger partial charge is 0.340 e. The zero-order valence-corrected chi connectivity index (χ0v) is 38.7. The van der Waals surface area contributed by atoms with Gasteiger partial charge in [-0.15, -0.1) is 5.10 Å². The molecule has 4 atom stereocenters. The summed E-state index contributed by atoms with van der Waals surface area (Å²) in [5.74, 6) is 0.469. The first-order valence-corrected chi connectivity index (χ1v) is 24.0. The number of ether oxygens (including phenoxy) is 3. The molecule has 1 aromatic heterocycles. The second kappa shape index (κ2) is 20.3. The highest BCUT2D eigenvalue weighted by Crippen LogP contribution is 2.57. The predicted molar refractivity (Wildman–Crippen MR) is 248 cm³/mol. The molecule has 0 radical (unpaired) electrons. The van der Waals surface area contributed by atoms with Crippen molar-refractivity contribution in [2.24, 2.45) is 5.92 Å². The standard InChI is InChI=1S/C48H58N8O10S/c1-28(17-20-64-47(2,3)18-19-56-26-30(54-55-56)25-50-41(59)8-5-4-7-40-44-37(27-67-40)52-46(63)53-44)24-49-42(60)9-6-10-43(61)51-29-11-14-34-33(21-29)45(62)66-48(34)35-15-12-31(57)22-38(35)65-39-23-32(58)13-16-36(39)48/h11-16,21-23,26,28,37,40,44,57-58H,4-10,17-20,24-25,27H2,1-3H3,(H,49,60)(H,50,59)(H,51,61)(H2,52,53,63). The Balaban J connectivity index is 0.692. The number of rotatable bonds is 21. The Hall–Kier alpha value is -6.34. The van der Waals surface area contributed by atoms with Crippen LogP contribution in [-0.2, 0) is 42.5 Å². The van der Waals surface area contributed by atoms with E-state index in [1.807, 2.05) is 38.7 Å². The number of nitrogens with zero attached hydrogens (tertiary/aromatic N) is 3. The second-order valence-corrected chi connectivity index (χ2v) is 19.6. The molecule has 4 aliphatic heterocycles. The largest absolute Gasteiger partial charge is 0.508 e. The molecule has 2 fully saturated rings. The molecule has 1 spiro atoms. The lowest BCUT2D eigenvalue weighted by molar-refractivity contribution is -0.122. The zero-order valence-electron chi connectivity index (χ0n) is 37.9. The normalized spacial score (nSPS) is 18.9. The number of unbranched alkanes of at least 4 members (excludes halogenated alkanes) is 1. The maximum atomic E-state index is 13.4. The number of anilines is 1. The average Bonchev–Trinajstić information content (AvgIpc) is 4.06. The number of amides is 5. The van der Waals surface area contributed by atoms with E-state index in [-0.39, 0.29) is 83.2 Å². The van der Waals surface area contributed by atoms with Crippen molar-refractivity contribution in [3.63, 3.8) is 0 Å². The molecule has 5 amide bonds. The third kappa shape index (κ3) is 11.1. The van der Waals surface area contributed by atoms with Crippen LogP contribution < -0.4 is 31.3 Å². The number of aryl methyl sites for hydroxylation is 1. The van der Waals surface area contributed by atoms with Gasteiger partial charge >= 0.3 is 12.0 Å². The third-order valence-electron chi connectivity index (χ3n) is 12.7. The van der Waals surface area contributed by atoms with E-state index in [0.717, 1.165) is 31.4 Å². The van der Waals surface area contributed by atoms with Gasteiger partial charge in [0.05, 0.1) is 36.0 Å². The van der Waals surface area contributed by atoms with Crippen molar-refractivity contribution < 1.29 is 48.4 Å². The minimum atomic E-state index is -1.40. The van der Waals surface area contributed by atoms with Crippen LogP contribution in [0.2, 0.25) is 0 Å². The van der Waals surface area contributed by atoms with E-state index in [1.165, 1.54) is 24.3 Å². The van der Waals surface area contributed by atoms with Gasteiger partial charge in [-0.2, -0.15) is 11.8 Å². The monoisotopic (exact) mass is 938 g/mol. The van der Waals surface area contributed by atoms with Crippen molar-refractivity contribution in [2.45, 2.75) is 120 Å². The predicted octanol–water partition coefficient (Wildman–Crippen LogP) is 5.74. The fraction of sp³-hybridized carbons (Fsp3) is 0.479. The lowest BCUT2D eigenvalue weighted by atomic mass is 9.77. The quantitative estimate of drug-likeness (QED) is 0.0300. The Morgan fingerprint density at radius 3 is 2.39 bits per heavy atom. The van der Waals surface area contributed by atoms with E-state index >= 15 is 0 Å². The molecule has 4 aliphatic rings. The Morgan fingerprint density at radius 2 is 1.63 bits per heavy atom. The van der Waals surface area contributed by atoms with E-state index < -0.39 is 17.2 Å². The van der Waals surface area contributed by atoms with Crippen LogP contribution in [-0.4, -0.2) is 96.8 Å². The van der Waals surface area contributed by atoms with E-state index in [2.05, 4.69) is 36.9 Å². The fourth-order valence-electron chi connectivity index (χ4n) is 8.97. The number of urea groups is 1. The minimum absolute atomic E-state index is 0.0186. The lowest BCUT2D eigenvalue weighted by Crippen LogP contribution is -2.36. The van der Waals surface area contributed by atoms with Crippen molar-refractivity contribution in [1.29, 1.82) is 0 Å². The summed E-state index contributed by atoms with van der Waals surface area (Å²) < 4.78 is 20.1. The SMILES string of the molecule is CC(CCOC(C)(C)CCn1cc(CNC(=O)CCCCC2SCC3NC(=O)NC32)nn1)CNC(=O)CCCC(=O)Nc1ccc2c(c1)C(=O)OC21c2ccc(O)cc2Oc2cc(O)ccc21. The van der Waals surface area contributed by atoms with Crippen LogP contribution in [0.25, 0.3) is 0 Å². The number of carbonyl (C=O) groups is 5. The summed E-state index contributed by atoms with van der Waals surface area (Å²) in [5, 5.41) is 43.8. The first-order valence-electron chi connectivity index (χ1n) is 22.9. The highest BCUT2D eigenvalue weighted by Gasteiger charge is 2.54. The van der Waals surface area contributed by atoms with Crippen LogP contribution in [0.4, 0.5) is 10.5 Å². The Bertz CT molecular complexity index is 2460. The number of esters is 1. The van der Waals surface area contributed by atoms with Gasteiger partial charge in [-0.25, -0.2) is 9.59 Å². The molecule has 67 heavy (non-hydrogen) atoms. The third-order valence-corrected chi connectivity index (χ3v) is 14.2. The van der Waals surface area contributed by atoms with Crippen molar-refractivity contribution in [1.82, 2.24) is 36.3 Å². The molecule has 4 aromatic rings. The number of aromatic nitrogens is 3. The molecule has 2 saturated heterocycles. The van der Waals surface area contributed by atoms with Crippen LogP contribution in [0, 0.1) is 5.92 Å². The molecule has 7 N–H and O–H groups in total. The first kappa shape index (κ1) is 47.2. The summed E-state index contributed by atoms with van der Waals surface area (Å²) in [5.41, 5.74) is 1.03. The second-order valence-electron chi connectivity index (χ2n) is 18.4. The van der Waals surface area contributed by atoms with E-state index in [1.54, 1.807) is 35.0 Å². The highest BCUT2D eigenvalue weighted by atomic mass is 32.2. The van der Waals surface area contributed by atoms with Gasteiger partial charge < -0.3 is 51.0 Å². The molecule has 3 aromatic carbocycles. The number of benzene rings is 3. The van der Waals surface area contributed by atoms with Crippen LogP contribution in [0.1, 0.15) is 111 Å². The maximum Gasteiger partial charge on any atom is 0.340 e. The topological polar surface area (TPSA) is 244 Å². The number of phenolic OH excluding ortho intramolecular Hbond substituents is 2. The first-order chi connectivity index (χ1) is 32.2. The van der Waals surface area contributed by atoms with Crippen LogP contribution in [0.15, 0.2) is 60.8 Å². The van der Waals surface area contributed by atoms with Crippen molar-refractivity contribution in [3.05, 3.63) is 88.7 Å². The number of hydrogen-bond donors (Lipinski definition) is 7. The Kier molecular flexibility index (Phi) is 14.3. The van der Waals surface area contributed by atoms with Crippen LogP contribution >= 0.6 is 11.8 Å². The molecule has 4 unspecified atom stereocenters. The number of nitrogens with one attached hydrogen (secondary N) is 5. The molecule has 0 aliphatic carbocycles. The number of phenols is 2. The molecule has 0 bridgehead atoms. The van der Waals surface area contributed by atoms with Gasteiger partial charge in [0.2, 0.25) is 17.7 Å². The molecule has 5 heterocycles. The fourth-order valence-corrected chi connectivity index (χ4v) is 10.5.